The van der Waals surface area contributed by atoms with Crippen LogP contribution in [-0.2, 0) is 11.2 Å². The van der Waals surface area contributed by atoms with Gasteiger partial charge in [-0.15, -0.1) is 11.3 Å². The van der Waals surface area contributed by atoms with E-state index in [0.717, 1.165) is 24.3 Å². The van der Waals surface area contributed by atoms with Gasteiger partial charge < -0.3 is 10.5 Å². The normalized spacial score (nSPS) is 31.4. The second kappa shape index (κ2) is 5.46. The van der Waals surface area contributed by atoms with Crippen LogP contribution in [0.25, 0.3) is 0 Å². The highest BCUT2D eigenvalue weighted by Crippen LogP contribution is 2.37. The second-order valence-electron chi connectivity index (χ2n) is 5.21. The number of methoxy groups -OCH3 is 1. The van der Waals surface area contributed by atoms with Crippen LogP contribution < -0.4 is 5.73 Å². The lowest BCUT2D eigenvalue weighted by atomic mass is 9.74. The predicted molar refractivity (Wildman–Crippen MR) is 71.2 cm³/mol. The van der Waals surface area contributed by atoms with Gasteiger partial charge in [0.2, 0.25) is 0 Å². The third-order valence-corrected chi connectivity index (χ3v) is 4.75. The molecule has 0 saturated heterocycles. The van der Waals surface area contributed by atoms with E-state index in [0.29, 0.717) is 5.92 Å². The number of rotatable bonds is 4. The van der Waals surface area contributed by atoms with E-state index in [1.165, 1.54) is 12.8 Å². The van der Waals surface area contributed by atoms with Crippen molar-refractivity contribution >= 4 is 11.3 Å². The van der Waals surface area contributed by atoms with Gasteiger partial charge in [0.15, 0.2) is 0 Å². The fourth-order valence-corrected chi connectivity index (χ4v) is 3.62. The molecule has 1 saturated carbocycles. The van der Waals surface area contributed by atoms with Crippen molar-refractivity contribution in [2.24, 2.45) is 11.7 Å². The van der Waals surface area contributed by atoms with E-state index in [4.69, 9.17) is 10.5 Å². The highest BCUT2D eigenvalue weighted by atomic mass is 32.1. The molecule has 17 heavy (non-hydrogen) atoms. The quantitative estimate of drug-likeness (QED) is 0.898. The van der Waals surface area contributed by atoms with Gasteiger partial charge in [-0.25, -0.2) is 4.98 Å². The van der Waals surface area contributed by atoms with Gasteiger partial charge in [0, 0.05) is 31.1 Å². The summed E-state index contributed by atoms with van der Waals surface area (Å²) >= 11 is 1.68. The van der Waals surface area contributed by atoms with Crippen LogP contribution in [0.3, 0.4) is 0 Å². The Labute approximate surface area is 107 Å². The zero-order valence-electron chi connectivity index (χ0n) is 10.7. The van der Waals surface area contributed by atoms with Crippen molar-refractivity contribution < 1.29 is 4.74 Å². The van der Waals surface area contributed by atoms with E-state index < -0.39 is 0 Å². The highest BCUT2D eigenvalue weighted by molar-refractivity contribution is 7.09. The maximum Gasteiger partial charge on any atom is 0.0941 e. The zero-order valence-corrected chi connectivity index (χ0v) is 11.5. The Balaban J connectivity index is 2.06. The van der Waals surface area contributed by atoms with E-state index in [-0.39, 0.29) is 11.6 Å². The first-order valence-electron chi connectivity index (χ1n) is 6.35. The predicted octanol–water partition coefficient (Wildman–Crippen LogP) is 2.61. The molecule has 3 atom stereocenters. The molecule has 0 amide bonds. The van der Waals surface area contributed by atoms with Crippen molar-refractivity contribution in [2.75, 3.05) is 7.11 Å². The van der Waals surface area contributed by atoms with Crippen molar-refractivity contribution in [3.8, 4) is 0 Å². The lowest BCUT2D eigenvalue weighted by molar-refractivity contribution is -0.0705. The highest BCUT2D eigenvalue weighted by Gasteiger charge is 2.40. The van der Waals surface area contributed by atoms with Crippen LogP contribution in [0.5, 0.6) is 0 Å². The van der Waals surface area contributed by atoms with Crippen molar-refractivity contribution in [1.29, 1.82) is 0 Å². The number of hydrogen-bond donors (Lipinski definition) is 1. The summed E-state index contributed by atoms with van der Waals surface area (Å²) in [6, 6.07) is 0.0569. The van der Waals surface area contributed by atoms with Gasteiger partial charge in [-0.1, -0.05) is 19.8 Å². The van der Waals surface area contributed by atoms with Crippen LogP contribution >= 0.6 is 11.3 Å². The summed E-state index contributed by atoms with van der Waals surface area (Å²) in [4.78, 5) is 4.32. The average Bonchev–Trinajstić information content (AvgIpc) is 2.81. The first-order valence-corrected chi connectivity index (χ1v) is 7.23. The van der Waals surface area contributed by atoms with Crippen LogP contribution in [-0.4, -0.2) is 23.7 Å². The molecule has 1 aromatic rings. The minimum absolute atomic E-state index is 0.0569. The van der Waals surface area contributed by atoms with Gasteiger partial charge >= 0.3 is 0 Å². The third-order valence-electron chi connectivity index (χ3n) is 3.95. The summed E-state index contributed by atoms with van der Waals surface area (Å²) in [6.07, 6.45) is 7.36. The SMILES string of the molecule is COC1(C(N)Cc2nccs2)CCCC(C)C1. The number of nitrogens with zero attached hydrogens (tertiary/aromatic N) is 1. The first-order chi connectivity index (χ1) is 8.16. The van der Waals surface area contributed by atoms with E-state index in [1.54, 1.807) is 18.4 Å². The van der Waals surface area contributed by atoms with Gasteiger partial charge in [0.05, 0.1) is 10.6 Å². The maximum absolute atomic E-state index is 6.39. The molecule has 0 aromatic carbocycles. The van der Waals surface area contributed by atoms with Gasteiger partial charge in [-0.2, -0.15) is 0 Å². The van der Waals surface area contributed by atoms with Gasteiger partial charge in [-0.3, -0.25) is 0 Å². The van der Waals surface area contributed by atoms with Crippen molar-refractivity contribution in [3.05, 3.63) is 16.6 Å². The number of thiazole rings is 1. The first kappa shape index (κ1) is 13.0. The number of hydrogen-bond acceptors (Lipinski definition) is 4. The zero-order chi connectivity index (χ0) is 12.3. The standard InChI is InChI=1S/C13H22N2OS/c1-10-4-3-5-13(9-10,16-2)11(14)8-12-15-6-7-17-12/h6-7,10-11H,3-5,8-9,14H2,1-2H3. The maximum atomic E-state index is 6.39. The molecule has 1 aliphatic rings. The summed E-state index contributed by atoms with van der Waals surface area (Å²) in [6.45, 7) is 2.29. The van der Waals surface area contributed by atoms with Crippen LogP contribution in [0.1, 0.15) is 37.6 Å². The molecule has 1 aliphatic carbocycles. The monoisotopic (exact) mass is 254 g/mol. The Morgan fingerprint density at radius 3 is 3.12 bits per heavy atom. The number of ether oxygens (including phenoxy) is 1. The molecule has 0 radical (unpaired) electrons. The molecule has 0 spiro atoms. The Morgan fingerprint density at radius 2 is 2.53 bits per heavy atom. The Bertz CT molecular complexity index is 341. The molecule has 0 bridgehead atoms. The summed E-state index contributed by atoms with van der Waals surface area (Å²) in [5.74, 6) is 0.714. The van der Waals surface area contributed by atoms with Crippen molar-refractivity contribution in [2.45, 2.75) is 50.7 Å². The minimum atomic E-state index is -0.136. The summed E-state index contributed by atoms with van der Waals surface area (Å²) in [5, 5.41) is 3.12. The number of nitrogens with two attached hydrogens (primary N) is 1. The Kier molecular flexibility index (Phi) is 4.17. The van der Waals surface area contributed by atoms with E-state index >= 15 is 0 Å². The van der Waals surface area contributed by atoms with Crippen molar-refractivity contribution in [3.63, 3.8) is 0 Å². The van der Waals surface area contributed by atoms with Crippen LogP contribution in [0.4, 0.5) is 0 Å². The molecule has 0 aliphatic heterocycles. The molecule has 1 aromatic heterocycles. The largest absolute Gasteiger partial charge is 0.377 e. The minimum Gasteiger partial charge on any atom is -0.377 e. The van der Waals surface area contributed by atoms with E-state index in [1.807, 2.05) is 11.6 Å². The van der Waals surface area contributed by atoms with Gasteiger partial charge in [0.25, 0.3) is 0 Å². The lowest BCUT2D eigenvalue weighted by Crippen LogP contribution is -2.53. The van der Waals surface area contributed by atoms with Crippen LogP contribution in [0.15, 0.2) is 11.6 Å². The molecule has 1 fully saturated rings. The van der Waals surface area contributed by atoms with Crippen LogP contribution in [0.2, 0.25) is 0 Å². The molecule has 2 N–H and O–H groups in total. The molecule has 96 valence electrons. The topological polar surface area (TPSA) is 48.1 Å². The smallest absolute Gasteiger partial charge is 0.0941 e. The van der Waals surface area contributed by atoms with Gasteiger partial charge in [-0.05, 0) is 18.8 Å². The lowest BCUT2D eigenvalue weighted by Gasteiger charge is -2.43. The summed E-state index contributed by atoms with van der Waals surface area (Å²) in [5.41, 5.74) is 6.25. The molecule has 3 unspecified atom stereocenters. The van der Waals surface area contributed by atoms with Crippen molar-refractivity contribution in [1.82, 2.24) is 4.98 Å². The molecule has 2 rings (SSSR count). The molecular formula is C13H22N2OS. The van der Waals surface area contributed by atoms with Crippen LogP contribution in [0, 0.1) is 5.92 Å². The van der Waals surface area contributed by atoms with E-state index in [2.05, 4.69) is 11.9 Å². The summed E-state index contributed by atoms with van der Waals surface area (Å²) < 4.78 is 5.81. The molecular weight excluding hydrogens is 232 g/mol. The molecule has 1 heterocycles. The number of aromatic nitrogens is 1. The van der Waals surface area contributed by atoms with Gasteiger partial charge in [0.1, 0.15) is 0 Å². The second-order valence-corrected chi connectivity index (χ2v) is 6.19. The third kappa shape index (κ3) is 2.87. The summed E-state index contributed by atoms with van der Waals surface area (Å²) in [7, 11) is 1.81. The molecule has 3 nitrogen and oxygen atoms in total. The Hall–Kier alpha value is -0.450. The fourth-order valence-electron chi connectivity index (χ4n) is 2.95. The fraction of sp³-hybridized carbons (Fsp3) is 0.769. The average molecular weight is 254 g/mol. The van der Waals surface area contributed by atoms with E-state index in [9.17, 15) is 0 Å². The Morgan fingerprint density at radius 1 is 1.71 bits per heavy atom. The molecule has 4 heteroatoms.